The minimum Gasteiger partial charge on any atom is -0.364 e. The van der Waals surface area contributed by atoms with Crippen LogP contribution in [0, 0.1) is 16.0 Å². The summed E-state index contributed by atoms with van der Waals surface area (Å²) in [5.74, 6) is 1.33. The summed E-state index contributed by atoms with van der Waals surface area (Å²) in [5.41, 5.74) is 5.12. The largest absolute Gasteiger partial charge is 0.364 e. The number of nitrogens with one attached hydrogen (secondary N) is 1. The van der Waals surface area contributed by atoms with Crippen LogP contribution in [0.15, 0.2) is 29.4 Å². The van der Waals surface area contributed by atoms with Gasteiger partial charge in [0.1, 0.15) is 5.84 Å². The maximum absolute atomic E-state index is 11.0. The molecular weight excluding hydrogens is 300 g/mol. The summed E-state index contributed by atoms with van der Waals surface area (Å²) in [6.07, 6.45) is 3.41. The maximum Gasteiger partial charge on any atom is 0.269 e. The molecule has 1 aliphatic rings. The number of rotatable bonds is 6. The lowest BCUT2D eigenvalue weighted by molar-refractivity contribution is -0.384. The molecule has 0 bridgehead atoms. The Bertz CT molecular complexity index is 585. The van der Waals surface area contributed by atoms with E-state index in [-0.39, 0.29) is 16.5 Å². The molecule has 1 atom stereocenters. The van der Waals surface area contributed by atoms with Crippen LogP contribution in [0.3, 0.4) is 0 Å². The predicted molar refractivity (Wildman–Crippen MR) is 91.1 cm³/mol. The van der Waals surface area contributed by atoms with Gasteiger partial charge < -0.3 is 4.90 Å². The Morgan fingerprint density at radius 1 is 1.55 bits per heavy atom. The van der Waals surface area contributed by atoms with Crippen molar-refractivity contribution in [2.24, 2.45) is 11.0 Å². The Kier molecular flexibility index (Phi) is 5.43. The molecule has 1 aromatic rings. The lowest BCUT2D eigenvalue weighted by Crippen LogP contribution is -2.36. The number of thiocarbonyl (C=S) groups is 1. The molecule has 0 spiro atoms. The van der Waals surface area contributed by atoms with Gasteiger partial charge in [-0.1, -0.05) is 30.8 Å². The quantitative estimate of drug-likeness (QED) is 0.287. The van der Waals surface area contributed by atoms with Gasteiger partial charge in [-0.2, -0.15) is 5.10 Å². The molecule has 0 saturated heterocycles. The molecule has 1 aliphatic carbocycles. The number of nitro benzene ring substituents is 1. The first kappa shape index (κ1) is 16.4. The molecule has 7 heteroatoms. The number of hydrogen-bond acceptors (Lipinski definition) is 4. The summed E-state index contributed by atoms with van der Waals surface area (Å²) in [5, 5.41) is 15.4. The lowest BCUT2D eigenvalue weighted by Gasteiger charge is -2.36. The summed E-state index contributed by atoms with van der Waals surface area (Å²) < 4.78 is 0. The van der Waals surface area contributed by atoms with E-state index < -0.39 is 0 Å². The Hall–Kier alpha value is -2.02. The third kappa shape index (κ3) is 3.59. The van der Waals surface area contributed by atoms with Crippen LogP contribution in [0.2, 0.25) is 0 Å². The molecule has 1 N–H and O–H groups in total. The predicted octanol–water partition coefficient (Wildman–Crippen LogP) is 2.90. The fourth-order valence-electron chi connectivity index (χ4n) is 2.78. The highest BCUT2D eigenvalue weighted by atomic mass is 32.1. The second-order valence-corrected chi connectivity index (χ2v) is 5.87. The van der Waals surface area contributed by atoms with Crippen LogP contribution < -0.4 is 5.43 Å². The molecule has 0 aliphatic heterocycles. The lowest BCUT2D eigenvalue weighted by atomic mass is 9.72. The van der Waals surface area contributed by atoms with Gasteiger partial charge in [0.25, 0.3) is 5.69 Å². The highest BCUT2D eigenvalue weighted by molar-refractivity contribution is 7.78. The Balaban J connectivity index is 2.42. The van der Waals surface area contributed by atoms with Gasteiger partial charge in [-0.3, -0.25) is 15.5 Å². The van der Waals surface area contributed by atoms with Crippen LogP contribution in [0.1, 0.15) is 30.7 Å². The van der Waals surface area contributed by atoms with Crippen LogP contribution in [0.4, 0.5) is 5.69 Å². The van der Waals surface area contributed by atoms with Gasteiger partial charge in [-0.15, -0.1) is 0 Å². The van der Waals surface area contributed by atoms with Crippen LogP contribution in [0.25, 0.3) is 0 Å². The summed E-state index contributed by atoms with van der Waals surface area (Å²) in [7, 11) is 3.85. The van der Waals surface area contributed by atoms with E-state index in [1.54, 1.807) is 12.1 Å². The molecule has 2 rings (SSSR count). The number of non-ortho nitro benzene ring substituents is 1. The average Bonchev–Trinajstić information content (AvgIpc) is 2.44. The molecule has 118 valence electrons. The summed E-state index contributed by atoms with van der Waals surface area (Å²) in [4.78, 5) is 12.6. The number of hydrazone groups is 1. The zero-order valence-corrected chi connectivity index (χ0v) is 13.5. The summed E-state index contributed by atoms with van der Waals surface area (Å²) in [6, 6.07) is 6.84. The zero-order valence-electron chi connectivity index (χ0n) is 12.7. The van der Waals surface area contributed by atoms with Crippen molar-refractivity contribution in [1.29, 1.82) is 0 Å². The van der Waals surface area contributed by atoms with E-state index in [0.29, 0.717) is 5.92 Å². The fourth-order valence-corrected chi connectivity index (χ4v) is 2.83. The maximum atomic E-state index is 11.0. The van der Waals surface area contributed by atoms with Crippen molar-refractivity contribution in [3.8, 4) is 0 Å². The first-order valence-corrected chi connectivity index (χ1v) is 7.70. The highest BCUT2D eigenvalue weighted by Gasteiger charge is 2.34. The van der Waals surface area contributed by atoms with Crippen LogP contribution in [0.5, 0.6) is 0 Å². The molecule has 22 heavy (non-hydrogen) atoms. The van der Waals surface area contributed by atoms with Crippen LogP contribution in [-0.4, -0.2) is 35.2 Å². The van der Waals surface area contributed by atoms with Crippen molar-refractivity contribution >= 4 is 29.2 Å². The second-order valence-electron chi connectivity index (χ2n) is 5.63. The smallest absolute Gasteiger partial charge is 0.269 e. The van der Waals surface area contributed by atoms with Crippen molar-refractivity contribution in [1.82, 2.24) is 10.3 Å². The van der Waals surface area contributed by atoms with Crippen LogP contribution >= 0.6 is 12.2 Å². The number of amidine groups is 1. The Labute approximate surface area is 135 Å². The molecular formula is C15H20N4O2S. The fraction of sp³-hybridized carbons (Fsp3) is 0.467. The second kappa shape index (κ2) is 7.31. The first-order chi connectivity index (χ1) is 10.5. The molecule has 0 aromatic heterocycles. The van der Waals surface area contributed by atoms with E-state index in [4.69, 9.17) is 12.2 Å². The van der Waals surface area contributed by atoms with Gasteiger partial charge in [0, 0.05) is 32.1 Å². The number of likely N-dealkylation sites (N-methyl/N-ethyl adjacent to an activating group) is 1. The molecule has 1 unspecified atom stereocenters. The third-order valence-corrected chi connectivity index (χ3v) is 4.13. The average molecular weight is 320 g/mol. The van der Waals surface area contributed by atoms with E-state index in [1.807, 2.05) is 25.1 Å². The third-order valence-electron chi connectivity index (χ3n) is 4.03. The molecule has 1 saturated carbocycles. The van der Waals surface area contributed by atoms with Gasteiger partial charge >= 0.3 is 0 Å². The highest BCUT2D eigenvalue weighted by Crippen LogP contribution is 2.41. The van der Waals surface area contributed by atoms with Gasteiger partial charge in [0.05, 0.1) is 10.4 Å². The van der Waals surface area contributed by atoms with Crippen molar-refractivity contribution in [2.45, 2.75) is 25.2 Å². The Morgan fingerprint density at radius 2 is 2.27 bits per heavy atom. The number of nitro groups is 1. The van der Waals surface area contributed by atoms with Crippen molar-refractivity contribution < 1.29 is 4.92 Å². The zero-order chi connectivity index (χ0) is 16.1. The monoisotopic (exact) mass is 320 g/mol. The van der Waals surface area contributed by atoms with Gasteiger partial charge in [-0.05, 0) is 24.3 Å². The van der Waals surface area contributed by atoms with Crippen LogP contribution in [-0.2, 0) is 0 Å². The molecule has 0 radical (unpaired) electrons. The van der Waals surface area contributed by atoms with E-state index in [2.05, 4.69) is 10.5 Å². The van der Waals surface area contributed by atoms with Gasteiger partial charge in [-0.25, -0.2) is 0 Å². The molecule has 0 heterocycles. The number of nitrogens with zero attached hydrogens (tertiary/aromatic N) is 3. The normalized spacial score (nSPS) is 16.5. The Morgan fingerprint density at radius 3 is 2.77 bits per heavy atom. The van der Waals surface area contributed by atoms with E-state index in [1.165, 1.54) is 18.0 Å². The summed E-state index contributed by atoms with van der Waals surface area (Å²) >= 11 is 4.77. The number of benzene rings is 1. The first-order valence-electron chi connectivity index (χ1n) is 7.23. The molecule has 1 fully saturated rings. The van der Waals surface area contributed by atoms with E-state index in [0.717, 1.165) is 24.2 Å². The van der Waals surface area contributed by atoms with E-state index >= 15 is 0 Å². The number of hydrogen-bond donors (Lipinski definition) is 1. The van der Waals surface area contributed by atoms with E-state index in [9.17, 15) is 10.1 Å². The minimum absolute atomic E-state index is 0.0334. The molecule has 1 aromatic carbocycles. The molecule has 0 amide bonds. The van der Waals surface area contributed by atoms with Crippen molar-refractivity contribution in [3.05, 3.63) is 39.9 Å². The van der Waals surface area contributed by atoms with Crippen molar-refractivity contribution in [3.63, 3.8) is 0 Å². The topological polar surface area (TPSA) is 70.8 Å². The summed E-state index contributed by atoms with van der Waals surface area (Å²) in [6.45, 7) is 0. The molecule has 6 nitrogen and oxygen atoms in total. The van der Waals surface area contributed by atoms with Gasteiger partial charge in [0.2, 0.25) is 0 Å². The standard InChI is InChI=1S/C15H20N4O2S/c1-18(2)15(17-16-10-22)14(11-5-3-6-11)12-7-4-8-13(9-12)19(20)21/h4,7-11,14H,3,5-6H2,1-2H3,(H,16,22)/b17-15-. The SMILES string of the molecule is CN(C)/C(=N\NC=S)C(c1cccc([N+](=O)[O-])c1)C1CCC1. The van der Waals surface area contributed by atoms with Crippen molar-refractivity contribution in [2.75, 3.05) is 14.1 Å². The minimum atomic E-state index is -0.358. The van der Waals surface area contributed by atoms with Gasteiger partial charge in [0.15, 0.2) is 0 Å².